The zero-order valence-corrected chi connectivity index (χ0v) is 15.4. The number of amides is 1. The Bertz CT molecular complexity index is 464. The molecule has 2 atom stereocenters. The van der Waals surface area contributed by atoms with E-state index in [0.717, 1.165) is 25.9 Å². The molecular formula is C19H31ClN2O. The van der Waals surface area contributed by atoms with Gasteiger partial charge in [0.15, 0.2) is 0 Å². The first-order valence-electron chi connectivity index (χ1n) is 8.49. The van der Waals surface area contributed by atoms with Crippen LogP contribution < -0.4 is 10.6 Å². The molecule has 1 aromatic carbocycles. The third-order valence-corrected chi connectivity index (χ3v) is 4.30. The molecule has 2 unspecified atom stereocenters. The fourth-order valence-electron chi connectivity index (χ4n) is 3.11. The van der Waals surface area contributed by atoms with Crippen LogP contribution in [0.5, 0.6) is 0 Å². The molecule has 130 valence electrons. The number of benzene rings is 1. The standard InChI is InChI=1S/C19H30N2O.ClH/c1-19(2,3)13-17(16-7-5-4-6-8-16)21-18(22)10-9-15-11-12-20-14-15;/h4-8,15,17,20H,9-14H2,1-3H3,(H,21,22);1H. The summed E-state index contributed by atoms with van der Waals surface area (Å²) in [6.07, 6.45) is 3.79. The van der Waals surface area contributed by atoms with Crippen LogP contribution in [0.2, 0.25) is 0 Å². The number of hydrogen-bond acceptors (Lipinski definition) is 2. The highest BCUT2D eigenvalue weighted by Crippen LogP contribution is 2.29. The highest BCUT2D eigenvalue weighted by Gasteiger charge is 2.22. The van der Waals surface area contributed by atoms with Gasteiger partial charge in [-0.2, -0.15) is 0 Å². The lowest BCUT2D eigenvalue weighted by Crippen LogP contribution is -2.31. The molecule has 1 fully saturated rings. The molecule has 1 aliphatic heterocycles. The predicted octanol–water partition coefficient (Wildman–Crippen LogP) is 4.09. The van der Waals surface area contributed by atoms with Crippen molar-refractivity contribution in [1.82, 2.24) is 10.6 Å². The molecule has 2 N–H and O–H groups in total. The van der Waals surface area contributed by atoms with E-state index < -0.39 is 0 Å². The summed E-state index contributed by atoms with van der Waals surface area (Å²) in [4.78, 5) is 12.3. The molecule has 4 heteroatoms. The first-order valence-corrected chi connectivity index (χ1v) is 8.49. The van der Waals surface area contributed by atoms with Gasteiger partial charge in [0.2, 0.25) is 5.91 Å². The van der Waals surface area contributed by atoms with Crippen molar-refractivity contribution in [2.24, 2.45) is 11.3 Å². The van der Waals surface area contributed by atoms with E-state index in [2.05, 4.69) is 43.5 Å². The maximum atomic E-state index is 12.3. The SMILES string of the molecule is CC(C)(C)CC(NC(=O)CCC1CCNC1)c1ccccc1.Cl. The van der Waals surface area contributed by atoms with Gasteiger partial charge in [-0.05, 0) is 49.2 Å². The van der Waals surface area contributed by atoms with E-state index in [9.17, 15) is 4.79 Å². The minimum Gasteiger partial charge on any atom is -0.349 e. The van der Waals surface area contributed by atoms with Gasteiger partial charge in [-0.3, -0.25) is 4.79 Å². The molecule has 1 saturated heterocycles. The highest BCUT2D eigenvalue weighted by atomic mass is 35.5. The minimum atomic E-state index is 0. The smallest absolute Gasteiger partial charge is 0.220 e. The van der Waals surface area contributed by atoms with Gasteiger partial charge in [0.05, 0.1) is 6.04 Å². The molecule has 1 amide bonds. The zero-order valence-electron chi connectivity index (χ0n) is 14.6. The average Bonchev–Trinajstić information content (AvgIpc) is 2.97. The van der Waals surface area contributed by atoms with Gasteiger partial charge >= 0.3 is 0 Å². The van der Waals surface area contributed by atoms with Crippen molar-refractivity contribution in [1.29, 1.82) is 0 Å². The fraction of sp³-hybridized carbons (Fsp3) is 0.632. The number of halogens is 1. The molecule has 0 aromatic heterocycles. The van der Waals surface area contributed by atoms with Crippen molar-refractivity contribution >= 4 is 18.3 Å². The Hall–Kier alpha value is -1.06. The van der Waals surface area contributed by atoms with Crippen LogP contribution in [0.1, 0.15) is 58.1 Å². The first kappa shape index (κ1) is 20.0. The van der Waals surface area contributed by atoms with Crippen molar-refractivity contribution in [2.75, 3.05) is 13.1 Å². The molecule has 1 aliphatic rings. The Balaban J connectivity index is 0.00000264. The molecular weight excluding hydrogens is 308 g/mol. The average molecular weight is 339 g/mol. The number of hydrogen-bond donors (Lipinski definition) is 2. The van der Waals surface area contributed by atoms with E-state index >= 15 is 0 Å². The summed E-state index contributed by atoms with van der Waals surface area (Å²) in [6, 6.07) is 10.4. The predicted molar refractivity (Wildman–Crippen MR) is 98.9 cm³/mol. The summed E-state index contributed by atoms with van der Waals surface area (Å²) in [6.45, 7) is 8.83. The van der Waals surface area contributed by atoms with Crippen LogP contribution in [0.15, 0.2) is 30.3 Å². The molecule has 2 rings (SSSR count). The Morgan fingerprint density at radius 3 is 2.57 bits per heavy atom. The summed E-state index contributed by atoms with van der Waals surface area (Å²) in [5.74, 6) is 0.855. The van der Waals surface area contributed by atoms with Crippen molar-refractivity contribution in [3.8, 4) is 0 Å². The molecule has 0 spiro atoms. The second-order valence-electron chi connectivity index (χ2n) is 7.69. The van der Waals surface area contributed by atoms with E-state index in [4.69, 9.17) is 0 Å². The van der Waals surface area contributed by atoms with E-state index in [-0.39, 0.29) is 29.8 Å². The summed E-state index contributed by atoms with van der Waals surface area (Å²) < 4.78 is 0. The van der Waals surface area contributed by atoms with E-state index in [1.807, 2.05) is 18.2 Å². The molecule has 0 radical (unpaired) electrons. The van der Waals surface area contributed by atoms with E-state index in [1.54, 1.807) is 0 Å². The van der Waals surface area contributed by atoms with Crippen molar-refractivity contribution in [3.63, 3.8) is 0 Å². The maximum absolute atomic E-state index is 12.3. The van der Waals surface area contributed by atoms with Gasteiger partial charge in [0.1, 0.15) is 0 Å². The lowest BCUT2D eigenvalue weighted by atomic mass is 9.85. The van der Waals surface area contributed by atoms with Crippen LogP contribution in [0.3, 0.4) is 0 Å². The van der Waals surface area contributed by atoms with Crippen LogP contribution in [-0.4, -0.2) is 19.0 Å². The summed E-state index contributed by atoms with van der Waals surface area (Å²) in [5.41, 5.74) is 1.39. The van der Waals surface area contributed by atoms with Crippen molar-refractivity contribution < 1.29 is 4.79 Å². The quantitative estimate of drug-likeness (QED) is 0.820. The monoisotopic (exact) mass is 338 g/mol. The Morgan fingerprint density at radius 1 is 1.30 bits per heavy atom. The summed E-state index contributed by atoms with van der Waals surface area (Å²) in [5, 5.41) is 6.62. The van der Waals surface area contributed by atoms with E-state index in [0.29, 0.717) is 12.3 Å². The normalized spacial score (nSPS) is 19.0. The largest absolute Gasteiger partial charge is 0.349 e. The lowest BCUT2D eigenvalue weighted by Gasteiger charge is -2.27. The molecule has 0 saturated carbocycles. The summed E-state index contributed by atoms with van der Waals surface area (Å²) in [7, 11) is 0. The number of carbonyl (C=O) groups is 1. The maximum Gasteiger partial charge on any atom is 0.220 e. The minimum absolute atomic E-state index is 0. The van der Waals surface area contributed by atoms with Gasteiger partial charge in [-0.25, -0.2) is 0 Å². The van der Waals surface area contributed by atoms with Crippen molar-refractivity contribution in [2.45, 2.75) is 52.5 Å². The number of nitrogens with one attached hydrogen (secondary N) is 2. The Kier molecular flexibility index (Phi) is 8.07. The topological polar surface area (TPSA) is 41.1 Å². The number of carbonyl (C=O) groups excluding carboxylic acids is 1. The zero-order chi connectivity index (χ0) is 16.0. The van der Waals surface area contributed by atoms with Gasteiger partial charge in [-0.15, -0.1) is 12.4 Å². The first-order chi connectivity index (χ1) is 10.4. The van der Waals surface area contributed by atoms with Crippen LogP contribution in [0.4, 0.5) is 0 Å². The molecule has 1 aromatic rings. The second kappa shape index (κ2) is 9.29. The Labute approximate surface area is 147 Å². The van der Waals surface area contributed by atoms with Crippen LogP contribution in [0, 0.1) is 11.3 Å². The third-order valence-electron chi connectivity index (χ3n) is 4.30. The highest BCUT2D eigenvalue weighted by molar-refractivity contribution is 5.85. The van der Waals surface area contributed by atoms with Gasteiger partial charge in [-0.1, -0.05) is 51.1 Å². The van der Waals surface area contributed by atoms with Crippen molar-refractivity contribution in [3.05, 3.63) is 35.9 Å². The molecule has 1 heterocycles. The van der Waals surface area contributed by atoms with Gasteiger partial charge in [0, 0.05) is 6.42 Å². The second-order valence-corrected chi connectivity index (χ2v) is 7.69. The third kappa shape index (κ3) is 7.36. The number of rotatable bonds is 6. The molecule has 0 bridgehead atoms. The van der Waals surface area contributed by atoms with Gasteiger partial charge < -0.3 is 10.6 Å². The van der Waals surface area contributed by atoms with Crippen LogP contribution >= 0.6 is 12.4 Å². The molecule has 23 heavy (non-hydrogen) atoms. The fourth-order valence-corrected chi connectivity index (χ4v) is 3.11. The van der Waals surface area contributed by atoms with Crippen LogP contribution in [-0.2, 0) is 4.79 Å². The molecule has 0 aliphatic carbocycles. The molecule has 3 nitrogen and oxygen atoms in total. The Morgan fingerprint density at radius 2 is 2.00 bits per heavy atom. The lowest BCUT2D eigenvalue weighted by molar-refractivity contribution is -0.122. The summed E-state index contributed by atoms with van der Waals surface area (Å²) >= 11 is 0. The van der Waals surface area contributed by atoms with E-state index in [1.165, 1.54) is 12.0 Å². The van der Waals surface area contributed by atoms with Crippen LogP contribution in [0.25, 0.3) is 0 Å². The van der Waals surface area contributed by atoms with Gasteiger partial charge in [0.25, 0.3) is 0 Å².